The first-order valence-electron chi connectivity index (χ1n) is 6.22. The number of nitrogens with zero attached hydrogens (tertiary/aromatic N) is 1. The highest BCUT2D eigenvalue weighted by Gasteiger charge is 2.24. The highest BCUT2D eigenvalue weighted by Crippen LogP contribution is 2.12. The van der Waals surface area contributed by atoms with Crippen molar-refractivity contribution in [1.82, 2.24) is 10.2 Å². The summed E-state index contributed by atoms with van der Waals surface area (Å²) in [6.07, 6.45) is 1.94. The fourth-order valence-corrected chi connectivity index (χ4v) is 2.25. The first-order chi connectivity index (χ1) is 7.52. The lowest BCUT2D eigenvalue weighted by Crippen LogP contribution is -2.42. The summed E-state index contributed by atoms with van der Waals surface area (Å²) >= 11 is 0. The molecule has 1 amide bonds. The largest absolute Gasteiger partial charge is 0.352 e. The van der Waals surface area contributed by atoms with Gasteiger partial charge in [0.25, 0.3) is 0 Å². The van der Waals surface area contributed by atoms with Gasteiger partial charge < -0.3 is 16.0 Å². The molecule has 1 fully saturated rings. The summed E-state index contributed by atoms with van der Waals surface area (Å²) in [6.45, 7) is 6.73. The molecule has 16 heavy (non-hydrogen) atoms. The van der Waals surface area contributed by atoms with Crippen LogP contribution in [0.25, 0.3) is 0 Å². The third-order valence-corrected chi connectivity index (χ3v) is 3.15. The molecule has 0 radical (unpaired) electrons. The van der Waals surface area contributed by atoms with Crippen LogP contribution in [-0.2, 0) is 4.79 Å². The van der Waals surface area contributed by atoms with Crippen molar-refractivity contribution < 1.29 is 4.79 Å². The molecule has 0 spiro atoms. The van der Waals surface area contributed by atoms with E-state index in [0.717, 1.165) is 25.9 Å². The van der Waals surface area contributed by atoms with Crippen molar-refractivity contribution in [2.24, 2.45) is 17.6 Å². The van der Waals surface area contributed by atoms with Gasteiger partial charge in [0.05, 0.1) is 5.92 Å². The Morgan fingerprint density at radius 2 is 2.25 bits per heavy atom. The molecule has 1 aliphatic heterocycles. The molecule has 2 atom stereocenters. The van der Waals surface area contributed by atoms with E-state index in [1.807, 2.05) is 0 Å². The van der Waals surface area contributed by atoms with Gasteiger partial charge in [-0.25, -0.2) is 0 Å². The minimum Gasteiger partial charge on any atom is -0.352 e. The number of likely N-dealkylation sites (N-methyl/N-ethyl adjacent to an activating group) is 1. The van der Waals surface area contributed by atoms with Crippen molar-refractivity contribution in [1.29, 1.82) is 0 Å². The van der Waals surface area contributed by atoms with E-state index in [2.05, 4.69) is 31.1 Å². The Labute approximate surface area is 98.6 Å². The molecule has 2 unspecified atom stereocenters. The van der Waals surface area contributed by atoms with E-state index in [-0.39, 0.29) is 11.8 Å². The topological polar surface area (TPSA) is 58.4 Å². The monoisotopic (exact) mass is 227 g/mol. The number of nitrogens with two attached hydrogens (primary N) is 1. The van der Waals surface area contributed by atoms with Crippen LogP contribution in [0.3, 0.4) is 0 Å². The summed E-state index contributed by atoms with van der Waals surface area (Å²) in [4.78, 5) is 14.2. The van der Waals surface area contributed by atoms with Crippen LogP contribution in [0.5, 0.6) is 0 Å². The minimum atomic E-state index is -0.0223. The quantitative estimate of drug-likeness (QED) is 0.716. The molecular weight excluding hydrogens is 202 g/mol. The van der Waals surface area contributed by atoms with Gasteiger partial charge in [0.15, 0.2) is 0 Å². The lowest BCUT2D eigenvalue weighted by atomic mass is 9.96. The Morgan fingerprint density at radius 1 is 1.56 bits per heavy atom. The Hall–Kier alpha value is -0.610. The second kappa shape index (κ2) is 6.21. The Bertz CT molecular complexity index is 230. The third kappa shape index (κ3) is 4.10. The van der Waals surface area contributed by atoms with Gasteiger partial charge in [0, 0.05) is 19.1 Å². The van der Waals surface area contributed by atoms with Gasteiger partial charge in [-0.05, 0) is 32.4 Å². The van der Waals surface area contributed by atoms with Crippen LogP contribution in [0, 0.1) is 11.8 Å². The summed E-state index contributed by atoms with van der Waals surface area (Å²) in [5, 5.41) is 3.11. The van der Waals surface area contributed by atoms with E-state index in [0.29, 0.717) is 18.5 Å². The second-order valence-corrected chi connectivity index (χ2v) is 5.32. The SMILES string of the molecule is CC(C)CC(CN)C(=O)NC1CCN(C)C1. The Kier molecular flexibility index (Phi) is 5.22. The number of amides is 1. The molecule has 94 valence electrons. The molecule has 0 aromatic carbocycles. The maximum atomic E-state index is 12.0. The van der Waals surface area contributed by atoms with Crippen molar-refractivity contribution in [3.63, 3.8) is 0 Å². The summed E-state index contributed by atoms with van der Waals surface area (Å²) in [5.41, 5.74) is 5.65. The molecule has 1 heterocycles. The summed E-state index contributed by atoms with van der Waals surface area (Å²) in [6, 6.07) is 0.318. The number of carbonyl (C=O) groups is 1. The van der Waals surface area contributed by atoms with Crippen LogP contribution in [0.2, 0.25) is 0 Å². The zero-order valence-electron chi connectivity index (χ0n) is 10.7. The number of hydrogen-bond donors (Lipinski definition) is 2. The van der Waals surface area contributed by atoms with Crippen LogP contribution in [0.4, 0.5) is 0 Å². The molecule has 0 bridgehead atoms. The summed E-state index contributed by atoms with van der Waals surface area (Å²) in [7, 11) is 2.08. The van der Waals surface area contributed by atoms with E-state index in [9.17, 15) is 4.79 Å². The summed E-state index contributed by atoms with van der Waals surface area (Å²) < 4.78 is 0. The molecule has 4 nitrogen and oxygen atoms in total. The van der Waals surface area contributed by atoms with E-state index in [4.69, 9.17) is 5.73 Å². The zero-order chi connectivity index (χ0) is 12.1. The van der Waals surface area contributed by atoms with Gasteiger partial charge in [0.2, 0.25) is 5.91 Å². The van der Waals surface area contributed by atoms with Crippen molar-refractivity contribution in [2.75, 3.05) is 26.7 Å². The molecule has 0 aromatic heterocycles. The maximum absolute atomic E-state index is 12.0. The highest BCUT2D eigenvalue weighted by molar-refractivity contribution is 5.79. The number of hydrogen-bond acceptors (Lipinski definition) is 3. The standard InChI is InChI=1S/C12H25N3O/c1-9(2)6-10(7-13)12(16)14-11-4-5-15(3)8-11/h9-11H,4-8,13H2,1-3H3,(H,14,16). The van der Waals surface area contributed by atoms with Gasteiger partial charge >= 0.3 is 0 Å². The molecule has 0 aromatic rings. The van der Waals surface area contributed by atoms with Crippen molar-refractivity contribution in [3.05, 3.63) is 0 Å². The highest BCUT2D eigenvalue weighted by atomic mass is 16.2. The molecular formula is C12H25N3O. The van der Waals surface area contributed by atoms with Crippen molar-refractivity contribution >= 4 is 5.91 Å². The smallest absolute Gasteiger partial charge is 0.224 e. The molecule has 1 aliphatic rings. The molecule has 4 heteroatoms. The van der Waals surface area contributed by atoms with Crippen LogP contribution in [0.15, 0.2) is 0 Å². The van der Waals surface area contributed by atoms with Gasteiger partial charge in [-0.3, -0.25) is 4.79 Å². The Morgan fingerprint density at radius 3 is 2.69 bits per heavy atom. The fourth-order valence-electron chi connectivity index (χ4n) is 2.25. The predicted molar refractivity (Wildman–Crippen MR) is 66.0 cm³/mol. The van der Waals surface area contributed by atoms with Gasteiger partial charge in [0.1, 0.15) is 0 Å². The van der Waals surface area contributed by atoms with E-state index in [1.54, 1.807) is 0 Å². The average Bonchev–Trinajstić information content (AvgIpc) is 2.60. The van der Waals surface area contributed by atoms with Gasteiger partial charge in [-0.15, -0.1) is 0 Å². The molecule has 1 saturated heterocycles. The van der Waals surface area contributed by atoms with Gasteiger partial charge in [-0.2, -0.15) is 0 Å². The molecule has 0 aliphatic carbocycles. The van der Waals surface area contributed by atoms with Crippen molar-refractivity contribution in [2.45, 2.75) is 32.7 Å². The van der Waals surface area contributed by atoms with Crippen molar-refractivity contribution in [3.8, 4) is 0 Å². The normalized spacial score (nSPS) is 23.7. The third-order valence-electron chi connectivity index (χ3n) is 3.15. The zero-order valence-corrected chi connectivity index (χ0v) is 10.7. The van der Waals surface area contributed by atoms with E-state index >= 15 is 0 Å². The number of rotatable bonds is 5. The summed E-state index contributed by atoms with van der Waals surface area (Å²) in [5.74, 6) is 0.632. The predicted octanol–water partition coefficient (Wildman–Crippen LogP) is 0.428. The fraction of sp³-hybridized carbons (Fsp3) is 0.917. The lowest BCUT2D eigenvalue weighted by molar-refractivity contribution is -0.125. The maximum Gasteiger partial charge on any atom is 0.224 e. The number of carbonyl (C=O) groups excluding carboxylic acids is 1. The first-order valence-corrected chi connectivity index (χ1v) is 6.22. The lowest BCUT2D eigenvalue weighted by Gasteiger charge is -2.20. The van der Waals surface area contributed by atoms with Gasteiger partial charge in [-0.1, -0.05) is 13.8 Å². The van der Waals surface area contributed by atoms with E-state index in [1.165, 1.54) is 0 Å². The second-order valence-electron chi connectivity index (χ2n) is 5.32. The molecule has 1 rings (SSSR count). The molecule has 0 saturated carbocycles. The van der Waals surface area contributed by atoms with Crippen LogP contribution in [0.1, 0.15) is 26.7 Å². The number of nitrogens with one attached hydrogen (secondary N) is 1. The minimum absolute atomic E-state index is 0.0223. The number of likely N-dealkylation sites (tertiary alicyclic amines) is 1. The van der Waals surface area contributed by atoms with Crippen LogP contribution >= 0.6 is 0 Å². The van der Waals surface area contributed by atoms with E-state index < -0.39 is 0 Å². The average molecular weight is 227 g/mol. The van der Waals surface area contributed by atoms with Crippen LogP contribution < -0.4 is 11.1 Å². The molecule has 3 N–H and O–H groups in total. The Balaban J connectivity index is 2.37. The van der Waals surface area contributed by atoms with Crippen LogP contribution in [-0.4, -0.2) is 43.5 Å². The first kappa shape index (κ1) is 13.5.